The van der Waals surface area contributed by atoms with Gasteiger partial charge in [-0.05, 0) is 38.8 Å². The molecule has 0 radical (unpaired) electrons. The topological polar surface area (TPSA) is 66.9 Å². The van der Waals surface area contributed by atoms with Gasteiger partial charge < -0.3 is 10.6 Å². The second-order valence-electron chi connectivity index (χ2n) is 5.61. The van der Waals surface area contributed by atoms with E-state index in [1.165, 1.54) is 4.88 Å². The van der Waals surface area contributed by atoms with E-state index in [-0.39, 0.29) is 11.9 Å². The Morgan fingerprint density at radius 3 is 2.74 bits per heavy atom. The number of carbonyl (C=O) groups is 1. The van der Waals surface area contributed by atoms with Gasteiger partial charge in [-0.15, -0.1) is 11.3 Å². The maximum atomic E-state index is 11.9. The van der Waals surface area contributed by atoms with Crippen LogP contribution in [-0.4, -0.2) is 22.4 Å². The number of nitrogens with zero attached hydrogens (tertiary/aromatic N) is 2. The Bertz CT molecular complexity index is 651. The molecule has 2 N–H and O–H groups in total. The number of aromatic nitrogens is 2. The molecule has 0 bridgehead atoms. The fourth-order valence-corrected chi connectivity index (χ4v) is 3.29. The number of hydrogen-bond acceptors (Lipinski definition) is 5. The molecular weight excluding hydrogens is 308 g/mol. The minimum Gasteiger partial charge on any atom is -0.311 e. The predicted molar refractivity (Wildman–Crippen MR) is 94.9 cm³/mol. The minimum atomic E-state index is -0.0312. The van der Waals surface area contributed by atoms with Gasteiger partial charge in [0.15, 0.2) is 0 Å². The van der Waals surface area contributed by atoms with E-state index in [2.05, 4.69) is 34.4 Å². The molecule has 0 aliphatic carbocycles. The van der Waals surface area contributed by atoms with Crippen LogP contribution in [0.3, 0.4) is 0 Å². The van der Waals surface area contributed by atoms with Crippen LogP contribution in [0, 0.1) is 13.8 Å². The molecule has 0 saturated carbocycles. The van der Waals surface area contributed by atoms with Gasteiger partial charge in [0, 0.05) is 30.1 Å². The van der Waals surface area contributed by atoms with E-state index in [0.29, 0.717) is 18.8 Å². The van der Waals surface area contributed by atoms with E-state index in [4.69, 9.17) is 0 Å². The number of amides is 1. The number of aryl methyl sites for hydroxylation is 3. The fourth-order valence-electron chi connectivity index (χ4n) is 2.26. The number of hydrogen-bond donors (Lipinski definition) is 2. The highest BCUT2D eigenvalue weighted by molar-refractivity contribution is 7.11. The highest BCUT2D eigenvalue weighted by atomic mass is 32.1. The lowest BCUT2D eigenvalue weighted by Crippen LogP contribution is -2.24. The third-order valence-electron chi connectivity index (χ3n) is 3.55. The number of anilines is 1. The van der Waals surface area contributed by atoms with Gasteiger partial charge in [-0.1, -0.05) is 13.0 Å². The summed E-state index contributed by atoms with van der Waals surface area (Å²) in [5.74, 6) is 0.566. The second-order valence-corrected chi connectivity index (χ2v) is 6.72. The molecule has 0 spiro atoms. The molecule has 1 atom stereocenters. The quantitative estimate of drug-likeness (QED) is 0.815. The molecule has 6 heteroatoms. The number of rotatable bonds is 7. The van der Waals surface area contributed by atoms with Crippen LogP contribution in [0.25, 0.3) is 0 Å². The molecule has 0 unspecified atom stereocenters. The average molecular weight is 332 g/mol. The molecule has 23 heavy (non-hydrogen) atoms. The molecule has 0 aliphatic rings. The number of nitrogens with one attached hydrogen (secondary N) is 2. The lowest BCUT2D eigenvalue weighted by atomic mass is 10.2. The monoisotopic (exact) mass is 332 g/mol. The maximum Gasteiger partial charge on any atom is 0.226 e. The Hall–Kier alpha value is -1.79. The van der Waals surface area contributed by atoms with Crippen molar-refractivity contribution in [1.29, 1.82) is 0 Å². The predicted octanol–water partition coefficient (Wildman–Crippen LogP) is 3.40. The van der Waals surface area contributed by atoms with Gasteiger partial charge in [-0.25, -0.2) is 9.97 Å². The highest BCUT2D eigenvalue weighted by Crippen LogP contribution is 2.25. The van der Waals surface area contributed by atoms with E-state index in [1.54, 1.807) is 17.5 Å². The van der Waals surface area contributed by atoms with Crippen LogP contribution in [0.5, 0.6) is 0 Å². The van der Waals surface area contributed by atoms with Crippen LogP contribution < -0.4 is 10.6 Å². The maximum absolute atomic E-state index is 11.9. The van der Waals surface area contributed by atoms with E-state index >= 15 is 0 Å². The lowest BCUT2D eigenvalue weighted by molar-refractivity contribution is -0.116. The molecule has 124 valence electrons. The van der Waals surface area contributed by atoms with Crippen LogP contribution in [-0.2, 0) is 11.2 Å². The van der Waals surface area contributed by atoms with E-state index in [9.17, 15) is 4.79 Å². The summed E-state index contributed by atoms with van der Waals surface area (Å²) in [6.45, 7) is 8.86. The van der Waals surface area contributed by atoms with Crippen molar-refractivity contribution >= 4 is 23.1 Å². The van der Waals surface area contributed by atoms with Crippen LogP contribution in [0.4, 0.5) is 5.82 Å². The summed E-state index contributed by atoms with van der Waals surface area (Å²) in [6, 6.07) is 3.95. The largest absolute Gasteiger partial charge is 0.311 e. The average Bonchev–Trinajstić information content (AvgIpc) is 2.90. The highest BCUT2D eigenvalue weighted by Gasteiger charge is 2.13. The molecule has 0 fully saturated rings. The van der Waals surface area contributed by atoms with Crippen LogP contribution in [0.15, 0.2) is 18.3 Å². The van der Waals surface area contributed by atoms with Crippen molar-refractivity contribution < 1.29 is 4.79 Å². The van der Waals surface area contributed by atoms with E-state index < -0.39 is 0 Å². The van der Waals surface area contributed by atoms with E-state index in [0.717, 1.165) is 22.7 Å². The lowest BCUT2D eigenvalue weighted by Gasteiger charge is -2.12. The van der Waals surface area contributed by atoms with Gasteiger partial charge in [0.05, 0.1) is 10.7 Å². The van der Waals surface area contributed by atoms with Crippen molar-refractivity contribution in [2.75, 3.05) is 11.9 Å². The molecule has 2 rings (SSSR count). The minimum absolute atomic E-state index is 0.0312. The normalized spacial score (nSPS) is 12.2. The molecule has 2 aromatic rings. The van der Waals surface area contributed by atoms with Gasteiger partial charge in [0.1, 0.15) is 5.82 Å². The molecule has 5 nitrogen and oxygen atoms in total. The first-order valence-electron chi connectivity index (χ1n) is 7.91. The van der Waals surface area contributed by atoms with Gasteiger partial charge in [0.25, 0.3) is 0 Å². The van der Waals surface area contributed by atoms with Crippen LogP contribution >= 0.6 is 11.3 Å². The standard InChI is InChI=1S/C17H24N4OS/c1-5-16-20-13(4)17(23-16)12(3)18-9-8-15(22)21-14-7-6-11(2)10-19-14/h6-7,10,12,18H,5,8-9H2,1-4H3,(H,19,21,22)/t12-/m0/s1. The fraction of sp³-hybridized carbons (Fsp3) is 0.471. The summed E-state index contributed by atoms with van der Waals surface area (Å²) in [7, 11) is 0. The van der Waals surface area contributed by atoms with Gasteiger partial charge in [-0.2, -0.15) is 0 Å². The van der Waals surface area contributed by atoms with Gasteiger partial charge >= 0.3 is 0 Å². The van der Waals surface area contributed by atoms with Crippen LogP contribution in [0.2, 0.25) is 0 Å². The van der Waals surface area contributed by atoms with Crippen LogP contribution in [0.1, 0.15) is 47.5 Å². The first-order chi connectivity index (χ1) is 11.0. The Labute approximate surface area is 141 Å². The van der Waals surface area contributed by atoms with Gasteiger partial charge in [-0.3, -0.25) is 4.79 Å². The summed E-state index contributed by atoms with van der Waals surface area (Å²) in [6.07, 6.45) is 3.12. The second kappa shape index (κ2) is 8.17. The van der Waals surface area contributed by atoms with Crippen molar-refractivity contribution in [2.24, 2.45) is 0 Å². The van der Waals surface area contributed by atoms with Gasteiger partial charge in [0.2, 0.25) is 5.91 Å². The van der Waals surface area contributed by atoms with Crippen molar-refractivity contribution in [3.05, 3.63) is 39.5 Å². The Morgan fingerprint density at radius 1 is 1.35 bits per heavy atom. The summed E-state index contributed by atoms with van der Waals surface area (Å²) < 4.78 is 0. The molecule has 1 amide bonds. The van der Waals surface area contributed by atoms with Crippen molar-refractivity contribution in [3.63, 3.8) is 0 Å². The zero-order chi connectivity index (χ0) is 16.8. The van der Waals surface area contributed by atoms with Crippen molar-refractivity contribution in [3.8, 4) is 0 Å². The first-order valence-corrected chi connectivity index (χ1v) is 8.73. The number of pyridine rings is 1. The van der Waals surface area contributed by atoms with Crippen molar-refractivity contribution in [1.82, 2.24) is 15.3 Å². The molecule has 2 heterocycles. The summed E-state index contributed by atoms with van der Waals surface area (Å²) in [4.78, 5) is 21.9. The Morgan fingerprint density at radius 2 is 2.13 bits per heavy atom. The molecule has 0 saturated heterocycles. The summed E-state index contributed by atoms with van der Waals surface area (Å²) in [5.41, 5.74) is 2.16. The van der Waals surface area contributed by atoms with Crippen molar-refractivity contribution in [2.45, 2.75) is 46.6 Å². The number of thiazole rings is 1. The summed E-state index contributed by atoms with van der Waals surface area (Å²) >= 11 is 1.75. The third kappa shape index (κ3) is 5.11. The SMILES string of the molecule is CCc1nc(C)c([C@H](C)NCCC(=O)Nc2ccc(C)cn2)s1. The number of carbonyl (C=O) groups excluding carboxylic acids is 1. The molecule has 0 aliphatic heterocycles. The van der Waals surface area contributed by atoms with E-state index in [1.807, 2.05) is 26.0 Å². The Balaban J connectivity index is 1.78. The molecular formula is C17H24N4OS. The molecule has 0 aromatic carbocycles. The molecule has 2 aromatic heterocycles. The smallest absolute Gasteiger partial charge is 0.226 e. The zero-order valence-electron chi connectivity index (χ0n) is 14.1. The third-order valence-corrected chi connectivity index (χ3v) is 5.04. The summed E-state index contributed by atoms with van der Waals surface area (Å²) in [5, 5.41) is 7.36. The first kappa shape index (κ1) is 17.6. The Kier molecular flexibility index (Phi) is 6.24. The zero-order valence-corrected chi connectivity index (χ0v) is 15.0.